The number of hydrogen-bond acceptors (Lipinski definition) is 5. The quantitative estimate of drug-likeness (QED) is 0.816. The van der Waals surface area contributed by atoms with E-state index in [1.807, 2.05) is 12.1 Å². The van der Waals surface area contributed by atoms with Gasteiger partial charge in [0.05, 0.1) is 0 Å². The Morgan fingerprint density at radius 1 is 1.36 bits per heavy atom. The van der Waals surface area contributed by atoms with Crippen molar-refractivity contribution in [2.75, 3.05) is 23.3 Å². The zero-order chi connectivity index (χ0) is 17.2. The number of furan rings is 1. The Bertz CT molecular complexity index is 772. The van der Waals surface area contributed by atoms with E-state index < -0.39 is 0 Å². The number of amides is 1. The van der Waals surface area contributed by atoms with Gasteiger partial charge in [-0.2, -0.15) is 4.98 Å². The van der Waals surface area contributed by atoms with Crippen molar-refractivity contribution in [1.82, 2.24) is 15.2 Å². The van der Waals surface area contributed by atoms with Crippen LogP contribution in [-0.4, -0.2) is 34.2 Å². The number of nitrogens with zero attached hydrogens (tertiary/aromatic N) is 3. The van der Waals surface area contributed by atoms with Gasteiger partial charge in [0, 0.05) is 25.1 Å². The second-order valence-corrected chi connectivity index (χ2v) is 6.91. The summed E-state index contributed by atoms with van der Waals surface area (Å²) in [5.74, 6) is 3.68. The summed E-state index contributed by atoms with van der Waals surface area (Å²) in [7, 11) is 0. The van der Waals surface area contributed by atoms with Crippen LogP contribution in [0, 0.1) is 5.92 Å². The highest BCUT2D eigenvalue weighted by Gasteiger charge is 2.36. The van der Waals surface area contributed by atoms with E-state index in [4.69, 9.17) is 4.42 Å². The predicted octanol–water partition coefficient (Wildman–Crippen LogP) is 3.16. The molecular weight excluding hydrogens is 318 g/mol. The molecule has 4 rings (SSSR count). The fourth-order valence-electron chi connectivity index (χ4n) is 3.24. The van der Waals surface area contributed by atoms with Crippen LogP contribution in [0.25, 0.3) is 6.08 Å². The normalized spacial score (nSPS) is 23.2. The molecule has 7 nitrogen and oxygen atoms in total. The monoisotopic (exact) mass is 341 g/mol. The summed E-state index contributed by atoms with van der Waals surface area (Å²) in [6, 6.07) is 3.89. The van der Waals surface area contributed by atoms with E-state index in [-0.39, 0.29) is 5.91 Å². The van der Waals surface area contributed by atoms with Crippen LogP contribution in [0.1, 0.15) is 50.0 Å². The van der Waals surface area contributed by atoms with E-state index in [0.29, 0.717) is 29.5 Å². The summed E-state index contributed by atoms with van der Waals surface area (Å²) >= 11 is 0. The molecule has 1 aliphatic carbocycles. The van der Waals surface area contributed by atoms with Crippen molar-refractivity contribution < 1.29 is 9.21 Å². The SMILES string of the molecule is CC1CC1c1ccc(/C=C/C(=O)Nc2nc(N3CCCCC3)n[nH]2)o1. The van der Waals surface area contributed by atoms with E-state index in [1.54, 1.807) is 6.08 Å². The molecule has 1 aliphatic heterocycles. The smallest absolute Gasteiger partial charge is 0.250 e. The van der Waals surface area contributed by atoms with Crippen LogP contribution < -0.4 is 10.2 Å². The second kappa shape index (κ2) is 6.74. The number of piperidine rings is 1. The molecule has 7 heteroatoms. The van der Waals surface area contributed by atoms with E-state index >= 15 is 0 Å². The van der Waals surface area contributed by atoms with Gasteiger partial charge in [-0.3, -0.25) is 10.1 Å². The highest BCUT2D eigenvalue weighted by Crippen LogP contribution is 2.47. The standard InChI is InChI=1S/C18H23N5O2/c1-12-11-14(12)15-7-5-13(25-15)6-8-16(24)19-17-20-18(22-21-17)23-9-3-2-4-10-23/h5-8,12,14H,2-4,9-11H2,1H3,(H2,19,20,21,22,24)/b8-6+. The zero-order valence-corrected chi connectivity index (χ0v) is 14.4. The van der Waals surface area contributed by atoms with Gasteiger partial charge in [-0.05, 0) is 49.8 Å². The summed E-state index contributed by atoms with van der Waals surface area (Å²) in [5.41, 5.74) is 0. The molecule has 2 N–H and O–H groups in total. The van der Waals surface area contributed by atoms with Crippen LogP contribution in [0.4, 0.5) is 11.9 Å². The lowest BCUT2D eigenvalue weighted by Gasteiger charge is -2.24. The molecule has 0 bridgehead atoms. The largest absolute Gasteiger partial charge is 0.461 e. The molecule has 0 aromatic carbocycles. The fourth-order valence-corrected chi connectivity index (χ4v) is 3.24. The first kappa shape index (κ1) is 15.9. The summed E-state index contributed by atoms with van der Waals surface area (Å²) < 4.78 is 5.75. The van der Waals surface area contributed by atoms with Gasteiger partial charge in [0.2, 0.25) is 11.9 Å². The minimum atomic E-state index is -0.265. The molecule has 25 heavy (non-hydrogen) atoms. The van der Waals surface area contributed by atoms with Gasteiger partial charge >= 0.3 is 0 Å². The predicted molar refractivity (Wildman–Crippen MR) is 95.3 cm³/mol. The molecular formula is C18H23N5O2. The van der Waals surface area contributed by atoms with Gasteiger partial charge in [0.1, 0.15) is 11.5 Å². The van der Waals surface area contributed by atoms with Gasteiger partial charge in [-0.15, -0.1) is 5.10 Å². The minimum Gasteiger partial charge on any atom is -0.461 e. The van der Waals surface area contributed by atoms with Crippen molar-refractivity contribution in [3.63, 3.8) is 0 Å². The summed E-state index contributed by atoms with van der Waals surface area (Å²) in [6.45, 7) is 4.14. The van der Waals surface area contributed by atoms with E-state index in [2.05, 4.69) is 32.3 Å². The molecule has 0 spiro atoms. The molecule has 2 unspecified atom stereocenters. The molecule has 2 fully saturated rings. The van der Waals surface area contributed by atoms with Gasteiger partial charge in [-0.25, -0.2) is 5.10 Å². The molecule has 2 aromatic rings. The van der Waals surface area contributed by atoms with E-state index in [0.717, 1.165) is 31.7 Å². The highest BCUT2D eigenvalue weighted by molar-refractivity contribution is 6.00. The van der Waals surface area contributed by atoms with Crippen molar-refractivity contribution in [3.8, 4) is 0 Å². The Morgan fingerprint density at radius 2 is 2.16 bits per heavy atom. The number of rotatable bonds is 5. The lowest BCUT2D eigenvalue weighted by atomic mass is 10.1. The number of anilines is 2. The topological polar surface area (TPSA) is 87.0 Å². The first-order chi connectivity index (χ1) is 12.2. The van der Waals surface area contributed by atoms with Gasteiger partial charge in [0.15, 0.2) is 0 Å². The Labute approximate surface area is 146 Å². The molecule has 132 valence electrons. The zero-order valence-electron chi connectivity index (χ0n) is 14.4. The summed E-state index contributed by atoms with van der Waals surface area (Å²) in [4.78, 5) is 18.5. The lowest BCUT2D eigenvalue weighted by molar-refractivity contribution is -0.111. The third-order valence-electron chi connectivity index (χ3n) is 4.88. The van der Waals surface area contributed by atoms with Crippen LogP contribution in [0.2, 0.25) is 0 Å². The number of carbonyl (C=O) groups is 1. The maximum Gasteiger partial charge on any atom is 0.250 e. The van der Waals surface area contributed by atoms with E-state index in [1.165, 1.54) is 18.9 Å². The Balaban J connectivity index is 1.32. The molecule has 3 heterocycles. The highest BCUT2D eigenvalue weighted by atomic mass is 16.3. The fraction of sp³-hybridized carbons (Fsp3) is 0.500. The Kier molecular flexibility index (Phi) is 4.29. The Morgan fingerprint density at radius 3 is 2.92 bits per heavy atom. The number of H-pyrrole nitrogens is 1. The molecule has 2 aromatic heterocycles. The number of carbonyl (C=O) groups excluding carboxylic acids is 1. The van der Waals surface area contributed by atoms with Gasteiger partial charge in [-0.1, -0.05) is 6.92 Å². The van der Waals surface area contributed by atoms with Crippen molar-refractivity contribution in [2.24, 2.45) is 5.92 Å². The average molecular weight is 341 g/mol. The average Bonchev–Trinajstić information content (AvgIpc) is 3.04. The molecule has 1 saturated carbocycles. The number of aromatic amines is 1. The maximum absolute atomic E-state index is 12.0. The van der Waals surface area contributed by atoms with Crippen LogP contribution >= 0.6 is 0 Å². The first-order valence-corrected chi connectivity index (χ1v) is 8.95. The van der Waals surface area contributed by atoms with Crippen LogP contribution in [-0.2, 0) is 4.79 Å². The number of hydrogen-bond donors (Lipinski definition) is 2. The number of aromatic nitrogens is 3. The minimum absolute atomic E-state index is 0.265. The van der Waals surface area contributed by atoms with Gasteiger partial charge in [0.25, 0.3) is 5.91 Å². The third-order valence-corrected chi connectivity index (χ3v) is 4.88. The van der Waals surface area contributed by atoms with Gasteiger partial charge < -0.3 is 9.32 Å². The van der Waals surface area contributed by atoms with Crippen molar-refractivity contribution >= 4 is 23.9 Å². The molecule has 1 saturated heterocycles. The third kappa shape index (κ3) is 3.75. The number of nitrogens with one attached hydrogen (secondary N) is 2. The second-order valence-electron chi connectivity index (χ2n) is 6.91. The maximum atomic E-state index is 12.0. The molecule has 1 amide bonds. The molecule has 0 radical (unpaired) electrons. The lowest BCUT2D eigenvalue weighted by Crippen LogP contribution is -2.30. The van der Waals surface area contributed by atoms with E-state index in [9.17, 15) is 4.79 Å². The van der Waals surface area contributed by atoms with Crippen molar-refractivity contribution in [3.05, 3.63) is 29.7 Å². The van der Waals surface area contributed by atoms with Crippen LogP contribution in [0.15, 0.2) is 22.6 Å². The summed E-state index contributed by atoms with van der Waals surface area (Å²) in [6.07, 6.45) is 7.87. The van der Waals surface area contributed by atoms with Crippen molar-refractivity contribution in [2.45, 2.75) is 38.5 Å². The van der Waals surface area contributed by atoms with Crippen LogP contribution in [0.3, 0.4) is 0 Å². The summed E-state index contributed by atoms with van der Waals surface area (Å²) in [5, 5.41) is 9.65. The van der Waals surface area contributed by atoms with Crippen LogP contribution in [0.5, 0.6) is 0 Å². The van der Waals surface area contributed by atoms with Crippen molar-refractivity contribution in [1.29, 1.82) is 0 Å². The molecule has 2 aliphatic rings. The molecule has 2 atom stereocenters. The first-order valence-electron chi connectivity index (χ1n) is 8.95. The Hall–Kier alpha value is -2.57.